The average molecular weight is 191 g/mol. The first kappa shape index (κ1) is 9.15. The van der Waals surface area contributed by atoms with Gasteiger partial charge in [0.05, 0.1) is 11.3 Å². The third-order valence-corrected chi connectivity index (χ3v) is 2.46. The van der Waals surface area contributed by atoms with E-state index in [1.54, 1.807) is 0 Å². The molecule has 4 nitrogen and oxygen atoms in total. The highest BCUT2D eigenvalue weighted by Crippen LogP contribution is 2.23. The van der Waals surface area contributed by atoms with Gasteiger partial charge in [-0.15, -0.1) is 0 Å². The molecule has 0 bridgehead atoms. The van der Waals surface area contributed by atoms with Gasteiger partial charge in [0.25, 0.3) is 0 Å². The SMILES string of the molecule is CC(=O)c1cc2c(nc1N)CN(C)C2. The number of hydrogen-bond donors (Lipinski definition) is 1. The fourth-order valence-electron chi connectivity index (χ4n) is 1.77. The highest BCUT2D eigenvalue weighted by atomic mass is 16.1. The molecule has 0 saturated heterocycles. The van der Waals surface area contributed by atoms with E-state index in [1.165, 1.54) is 6.92 Å². The summed E-state index contributed by atoms with van der Waals surface area (Å²) >= 11 is 0. The van der Waals surface area contributed by atoms with Gasteiger partial charge in [0.2, 0.25) is 0 Å². The zero-order chi connectivity index (χ0) is 10.3. The van der Waals surface area contributed by atoms with Crippen LogP contribution in [-0.2, 0) is 13.1 Å². The molecular formula is C10H13N3O. The summed E-state index contributed by atoms with van der Waals surface area (Å²) in [5.41, 5.74) is 8.34. The number of nitrogen functional groups attached to an aromatic ring is 1. The third kappa shape index (κ3) is 1.37. The number of Topliss-reactive ketones (excluding diaryl/α,β-unsaturated/α-hetero) is 1. The number of aromatic nitrogens is 1. The van der Waals surface area contributed by atoms with Gasteiger partial charge in [-0.3, -0.25) is 9.69 Å². The highest BCUT2D eigenvalue weighted by Gasteiger charge is 2.20. The zero-order valence-corrected chi connectivity index (χ0v) is 8.37. The zero-order valence-electron chi connectivity index (χ0n) is 8.37. The Morgan fingerprint density at radius 2 is 2.29 bits per heavy atom. The number of fused-ring (bicyclic) bond motifs is 1. The Morgan fingerprint density at radius 3 is 2.93 bits per heavy atom. The van der Waals surface area contributed by atoms with Crippen molar-refractivity contribution in [2.75, 3.05) is 12.8 Å². The molecule has 2 rings (SSSR count). The summed E-state index contributed by atoms with van der Waals surface area (Å²) in [7, 11) is 2.02. The topological polar surface area (TPSA) is 59.2 Å². The summed E-state index contributed by atoms with van der Waals surface area (Å²) in [5.74, 6) is 0.332. The van der Waals surface area contributed by atoms with Crippen molar-refractivity contribution in [1.82, 2.24) is 9.88 Å². The number of nitrogens with zero attached hydrogens (tertiary/aromatic N) is 2. The van der Waals surface area contributed by atoms with E-state index in [-0.39, 0.29) is 5.78 Å². The lowest BCUT2D eigenvalue weighted by molar-refractivity contribution is 0.101. The summed E-state index contributed by atoms with van der Waals surface area (Å²) < 4.78 is 0. The van der Waals surface area contributed by atoms with Crippen LogP contribution in [0.25, 0.3) is 0 Å². The van der Waals surface area contributed by atoms with Gasteiger partial charge in [-0.2, -0.15) is 0 Å². The molecule has 0 fully saturated rings. The minimum absolute atomic E-state index is 0.0210. The number of nitrogens with two attached hydrogens (primary N) is 1. The molecule has 0 saturated carbocycles. The van der Waals surface area contributed by atoms with Gasteiger partial charge >= 0.3 is 0 Å². The van der Waals surface area contributed by atoms with Gasteiger partial charge in [0.15, 0.2) is 5.78 Å². The van der Waals surface area contributed by atoms with Crippen LogP contribution in [0.15, 0.2) is 6.07 Å². The number of carbonyl (C=O) groups is 1. The van der Waals surface area contributed by atoms with E-state index in [4.69, 9.17) is 5.73 Å². The lowest BCUT2D eigenvalue weighted by Gasteiger charge is -2.03. The van der Waals surface area contributed by atoms with Gasteiger partial charge in [-0.05, 0) is 25.6 Å². The molecule has 1 aliphatic rings. The molecule has 0 unspecified atom stereocenters. The average Bonchev–Trinajstić information content (AvgIpc) is 2.42. The normalized spacial score (nSPS) is 15.6. The first-order valence-corrected chi connectivity index (χ1v) is 4.55. The van der Waals surface area contributed by atoms with Crippen molar-refractivity contribution < 1.29 is 4.79 Å². The van der Waals surface area contributed by atoms with Crippen LogP contribution in [0.3, 0.4) is 0 Å². The van der Waals surface area contributed by atoms with E-state index in [9.17, 15) is 4.79 Å². The molecule has 0 amide bonds. The largest absolute Gasteiger partial charge is 0.383 e. The Labute approximate surface area is 82.7 Å². The molecule has 1 aromatic heterocycles. The van der Waals surface area contributed by atoms with Gasteiger partial charge in [0.1, 0.15) is 5.82 Å². The van der Waals surface area contributed by atoms with Crippen molar-refractivity contribution in [1.29, 1.82) is 0 Å². The van der Waals surface area contributed by atoms with Gasteiger partial charge in [-0.1, -0.05) is 0 Å². The van der Waals surface area contributed by atoms with Crippen LogP contribution in [0.4, 0.5) is 5.82 Å². The number of anilines is 1. The quantitative estimate of drug-likeness (QED) is 0.667. The predicted octanol–water partition coefficient (Wildman–Crippen LogP) is 0.812. The molecule has 2 N–H and O–H groups in total. The highest BCUT2D eigenvalue weighted by molar-refractivity contribution is 5.98. The minimum Gasteiger partial charge on any atom is -0.383 e. The molecule has 1 aliphatic heterocycles. The van der Waals surface area contributed by atoms with E-state index in [0.717, 1.165) is 24.3 Å². The molecule has 74 valence electrons. The second-order valence-electron chi connectivity index (χ2n) is 3.76. The van der Waals surface area contributed by atoms with E-state index in [0.29, 0.717) is 11.4 Å². The summed E-state index contributed by atoms with van der Waals surface area (Å²) in [4.78, 5) is 17.6. The number of carbonyl (C=O) groups excluding carboxylic acids is 1. The third-order valence-electron chi connectivity index (χ3n) is 2.46. The van der Waals surface area contributed by atoms with Crippen LogP contribution in [-0.4, -0.2) is 22.7 Å². The van der Waals surface area contributed by atoms with Gasteiger partial charge < -0.3 is 5.73 Å². The van der Waals surface area contributed by atoms with Crippen molar-refractivity contribution in [3.05, 3.63) is 22.9 Å². The minimum atomic E-state index is -0.0210. The molecule has 0 aromatic carbocycles. The Bertz CT molecular complexity index is 401. The Kier molecular flexibility index (Phi) is 2.00. The second-order valence-corrected chi connectivity index (χ2v) is 3.76. The van der Waals surface area contributed by atoms with Crippen LogP contribution in [0.2, 0.25) is 0 Å². The maximum atomic E-state index is 11.2. The maximum absolute atomic E-state index is 11.2. The molecule has 1 aromatic rings. The molecule has 0 spiro atoms. The summed E-state index contributed by atoms with van der Waals surface area (Å²) in [5, 5.41) is 0. The molecular weight excluding hydrogens is 178 g/mol. The monoisotopic (exact) mass is 191 g/mol. The molecule has 14 heavy (non-hydrogen) atoms. The van der Waals surface area contributed by atoms with Crippen molar-refractivity contribution >= 4 is 11.6 Å². The Morgan fingerprint density at radius 1 is 1.57 bits per heavy atom. The fraction of sp³-hybridized carbons (Fsp3) is 0.400. The molecule has 0 radical (unpaired) electrons. The Balaban J connectivity index is 2.50. The summed E-state index contributed by atoms with van der Waals surface area (Å²) in [6, 6.07) is 1.86. The van der Waals surface area contributed by atoms with E-state index < -0.39 is 0 Å². The lowest BCUT2D eigenvalue weighted by atomic mass is 10.1. The summed E-state index contributed by atoms with van der Waals surface area (Å²) in [6.45, 7) is 3.18. The van der Waals surface area contributed by atoms with Crippen molar-refractivity contribution in [2.45, 2.75) is 20.0 Å². The fourth-order valence-corrected chi connectivity index (χ4v) is 1.77. The van der Waals surface area contributed by atoms with Crippen LogP contribution >= 0.6 is 0 Å². The van der Waals surface area contributed by atoms with E-state index >= 15 is 0 Å². The molecule has 2 heterocycles. The summed E-state index contributed by atoms with van der Waals surface area (Å²) in [6.07, 6.45) is 0. The second kappa shape index (κ2) is 3.06. The van der Waals surface area contributed by atoms with E-state index in [2.05, 4.69) is 9.88 Å². The van der Waals surface area contributed by atoms with Crippen LogP contribution < -0.4 is 5.73 Å². The van der Waals surface area contributed by atoms with Crippen molar-refractivity contribution in [3.8, 4) is 0 Å². The maximum Gasteiger partial charge on any atom is 0.163 e. The molecule has 0 atom stereocenters. The molecule has 4 heteroatoms. The smallest absolute Gasteiger partial charge is 0.163 e. The first-order valence-electron chi connectivity index (χ1n) is 4.55. The number of hydrogen-bond acceptors (Lipinski definition) is 4. The molecule has 0 aliphatic carbocycles. The van der Waals surface area contributed by atoms with Crippen LogP contribution in [0, 0.1) is 0 Å². The van der Waals surface area contributed by atoms with Gasteiger partial charge in [0, 0.05) is 13.1 Å². The van der Waals surface area contributed by atoms with Crippen molar-refractivity contribution in [3.63, 3.8) is 0 Å². The van der Waals surface area contributed by atoms with Crippen molar-refractivity contribution in [2.24, 2.45) is 0 Å². The predicted molar refractivity (Wildman–Crippen MR) is 53.8 cm³/mol. The number of pyridine rings is 1. The van der Waals surface area contributed by atoms with Crippen LogP contribution in [0.1, 0.15) is 28.5 Å². The lowest BCUT2D eigenvalue weighted by Crippen LogP contribution is -2.07. The Hall–Kier alpha value is -1.42. The number of rotatable bonds is 1. The van der Waals surface area contributed by atoms with E-state index in [1.807, 2.05) is 13.1 Å². The van der Waals surface area contributed by atoms with Gasteiger partial charge in [-0.25, -0.2) is 4.98 Å². The number of ketones is 1. The first-order chi connectivity index (χ1) is 6.58. The standard InChI is InChI=1S/C10H13N3O/c1-6(14)8-3-7-4-13(2)5-9(7)12-10(8)11/h3H,4-5H2,1-2H3,(H2,11,12). The van der Waals surface area contributed by atoms with Crippen LogP contribution in [0.5, 0.6) is 0 Å².